The number of hydrogen-bond donors (Lipinski definition) is 2. The lowest BCUT2D eigenvalue weighted by molar-refractivity contribution is 0.0714. The molecule has 0 aliphatic rings. The minimum absolute atomic E-state index is 0.425. The van der Waals surface area contributed by atoms with Gasteiger partial charge in [-0.3, -0.25) is 0 Å². The van der Waals surface area contributed by atoms with E-state index in [0.29, 0.717) is 6.54 Å². The molecule has 17 heavy (non-hydrogen) atoms. The first-order valence-electron chi connectivity index (χ1n) is 5.61. The lowest BCUT2D eigenvalue weighted by atomic mass is 9.96. The molecule has 1 unspecified atom stereocenters. The van der Waals surface area contributed by atoms with Gasteiger partial charge in [-0.2, -0.15) is 0 Å². The molecule has 3 heteroatoms. The predicted molar refractivity (Wildman–Crippen MR) is 68.7 cm³/mol. The second-order valence-electron chi connectivity index (χ2n) is 4.21. The van der Waals surface area contributed by atoms with Crippen molar-refractivity contribution in [1.82, 2.24) is 4.98 Å². The van der Waals surface area contributed by atoms with Gasteiger partial charge in [0.15, 0.2) is 0 Å². The minimum atomic E-state index is -0.904. The Morgan fingerprint density at radius 2 is 1.82 bits per heavy atom. The number of hydrogen-bond acceptors (Lipinski definition) is 3. The van der Waals surface area contributed by atoms with Gasteiger partial charge in [0.25, 0.3) is 0 Å². The van der Waals surface area contributed by atoms with Crippen molar-refractivity contribution in [2.24, 2.45) is 0 Å². The van der Waals surface area contributed by atoms with Crippen LogP contribution in [-0.2, 0) is 5.60 Å². The van der Waals surface area contributed by atoms with Gasteiger partial charge in [-0.25, -0.2) is 4.98 Å². The first-order valence-corrected chi connectivity index (χ1v) is 5.61. The molecule has 0 saturated heterocycles. The van der Waals surface area contributed by atoms with Gasteiger partial charge in [0.1, 0.15) is 11.4 Å². The fourth-order valence-electron chi connectivity index (χ4n) is 1.63. The fraction of sp³-hybridized carbons (Fsp3) is 0.214. The number of anilines is 1. The van der Waals surface area contributed by atoms with Crippen molar-refractivity contribution in [3.05, 3.63) is 60.3 Å². The molecular formula is C14H16N2O. The summed E-state index contributed by atoms with van der Waals surface area (Å²) >= 11 is 0. The highest BCUT2D eigenvalue weighted by atomic mass is 16.3. The maximum absolute atomic E-state index is 10.4. The van der Waals surface area contributed by atoms with Crippen molar-refractivity contribution in [2.75, 3.05) is 11.9 Å². The number of nitrogens with one attached hydrogen (secondary N) is 1. The SMILES string of the molecule is CC(O)(CNc1ccccn1)c1ccccc1. The maximum atomic E-state index is 10.4. The summed E-state index contributed by atoms with van der Waals surface area (Å²) in [5, 5.41) is 13.5. The second-order valence-corrected chi connectivity index (χ2v) is 4.21. The van der Waals surface area contributed by atoms with E-state index in [1.165, 1.54) is 0 Å². The number of benzene rings is 1. The van der Waals surface area contributed by atoms with E-state index in [-0.39, 0.29) is 0 Å². The summed E-state index contributed by atoms with van der Waals surface area (Å²) in [6.45, 7) is 2.21. The van der Waals surface area contributed by atoms with Gasteiger partial charge in [-0.05, 0) is 24.6 Å². The summed E-state index contributed by atoms with van der Waals surface area (Å²) in [6, 6.07) is 15.3. The molecule has 1 heterocycles. The van der Waals surface area contributed by atoms with Crippen molar-refractivity contribution in [1.29, 1.82) is 0 Å². The van der Waals surface area contributed by atoms with Gasteiger partial charge in [0, 0.05) is 12.7 Å². The summed E-state index contributed by atoms with van der Waals surface area (Å²) in [5.41, 5.74) is -0.0119. The highest BCUT2D eigenvalue weighted by molar-refractivity contribution is 5.35. The quantitative estimate of drug-likeness (QED) is 0.844. The molecule has 0 radical (unpaired) electrons. The Labute approximate surface area is 101 Å². The Bertz CT molecular complexity index is 454. The van der Waals surface area contributed by atoms with Crippen molar-refractivity contribution in [3.63, 3.8) is 0 Å². The van der Waals surface area contributed by atoms with Crippen LogP contribution in [0.25, 0.3) is 0 Å². The molecule has 0 spiro atoms. The molecule has 2 N–H and O–H groups in total. The molecule has 3 nitrogen and oxygen atoms in total. The van der Waals surface area contributed by atoms with Crippen LogP contribution in [0.2, 0.25) is 0 Å². The van der Waals surface area contributed by atoms with Gasteiger partial charge in [-0.15, -0.1) is 0 Å². The topological polar surface area (TPSA) is 45.1 Å². The van der Waals surface area contributed by atoms with Crippen molar-refractivity contribution < 1.29 is 5.11 Å². The summed E-state index contributed by atoms with van der Waals surface area (Å²) in [4.78, 5) is 4.15. The van der Waals surface area contributed by atoms with Crippen molar-refractivity contribution in [3.8, 4) is 0 Å². The average molecular weight is 228 g/mol. The van der Waals surface area contributed by atoms with E-state index in [1.807, 2.05) is 48.5 Å². The molecule has 1 atom stereocenters. The number of nitrogens with zero attached hydrogens (tertiary/aromatic N) is 1. The van der Waals surface area contributed by atoms with Crippen LogP contribution in [0.3, 0.4) is 0 Å². The molecule has 88 valence electrons. The van der Waals surface area contributed by atoms with E-state index in [0.717, 1.165) is 11.4 Å². The normalized spacial score (nSPS) is 14.0. The molecule has 2 rings (SSSR count). The van der Waals surface area contributed by atoms with Crippen molar-refractivity contribution >= 4 is 5.82 Å². The van der Waals surface area contributed by atoms with Crippen LogP contribution >= 0.6 is 0 Å². The molecule has 1 aromatic heterocycles. The molecule has 0 fully saturated rings. The number of aliphatic hydroxyl groups is 1. The first kappa shape index (κ1) is 11.6. The molecule has 0 amide bonds. The zero-order valence-electron chi connectivity index (χ0n) is 9.80. The molecule has 0 aliphatic carbocycles. The number of aromatic nitrogens is 1. The molecule has 2 aromatic rings. The zero-order valence-corrected chi connectivity index (χ0v) is 9.80. The minimum Gasteiger partial charge on any atom is -0.384 e. The Hall–Kier alpha value is -1.87. The Kier molecular flexibility index (Phi) is 3.40. The zero-order chi connectivity index (χ0) is 12.1. The third-order valence-corrected chi connectivity index (χ3v) is 2.67. The highest BCUT2D eigenvalue weighted by Gasteiger charge is 2.22. The van der Waals surface area contributed by atoms with Gasteiger partial charge < -0.3 is 10.4 Å². The summed E-state index contributed by atoms with van der Waals surface area (Å²) < 4.78 is 0. The lowest BCUT2D eigenvalue weighted by Gasteiger charge is -2.24. The lowest BCUT2D eigenvalue weighted by Crippen LogP contribution is -2.30. The molecule has 0 aliphatic heterocycles. The standard InChI is InChI=1S/C14H16N2O/c1-14(17,12-7-3-2-4-8-12)11-16-13-9-5-6-10-15-13/h2-10,17H,11H2,1H3,(H,15,16). The highest BCUT2D eigenvalue weighted by Crippen LogP contribution is 2.20. The van der Waals surface area contributed by atoms with E-state index in [1.54, 1.807) is 13.1 Å². The van der Waals surface area contributed by atoms with Crippen LogP contribution in [0.4, 0.5) is 5.82 Å². The fourth-order valence-corrected chi connectivity index (χ4v) is 1.63. The Morgan fingerprint density at radius 3 is 2.47 bits per heavy atom. The molecule has 0 bridgehead atoms. The van der Waals surface area contributed by atoms with Crippen LogP contribution in [0.5, 0.6) is 0 Å². The smallest absolute Gasteiger partial charge is 0.125 e. The van der Waals surface area contributed by atoms with Crippen LogP contribution < -0.4 is 5.32 Å². The Morgan fingerprint density at radius 1 is 1.12 bits per heavy atom. The van der Waals surface area contributed by atoms with Crippen LogP contribution in [0, 0.1) is 0 Å². The molecule has 0 saturated carbocycles. The molecule has 1 aromatic carbocycles. The maximum Gasteiger partial charge on any atom is 0.125 e. The van der Waals surface area contributed by atoms with E-state index in [9.17, 15) is 5.11 Å². The summed E-state index contributed by atoms with van der Waals surface area (Å²) in [6.07, 6.45) is 1.72. The van der Waals surface area contributed by atoms with E-state index in [4.69, 9.17) is 0 Å². The van der Waals surface area contributed by atoms with E-state index >= 15 is 0 Å². The van der Waals surface area contributed by atoms with Crippen LogP contribution in [0.1, 0.15) is 12.5 Å². The predicted octanol–water partition coefficient (Wildman–Crippen LogP) is 2.40. The number of rotatable bonds is 4. The van der Waals surface area contributed by atoms with Gasteiger partial charge in [0.2, 0.25) is 0 Å². The third kappa shape index (κ3) is 3.04. The second kappa shape index (κ2) is 4.97. The Balaban J connectivity index is 2.03. The summed E-state index contributed by atoms with van der Waals surface area (Å²) in [5.74, 6) is 0.767. The van der Waals surface area contributed by atoms with Gasteiger partial charge in [0.05, 0.1) is 0 Å². The average Bonchev–Trinajstić information content (AvgIpc) is 2.39. The van der Waals surface area contributed by atoms with Crippen molar-refractivity contribution in [2.45, 2.75) is 12.5 Å². The van der Waals surface area contributed by atoms with E-state index < -0.39 is 5.60 Å². The first-order chi connectivity index (χ1) is 8.18. The monoisotopic (exact) mass is 228 g/mol. The van der Waals surface area contributed by atoms with Gasteiger partial charge in [-0.1, -0.05) is 36.4 Å². The molecular weight excluding hydrogens is 212 g/mol. The van der Waals surface area contributed by atoms with Gasteiger partial charge >= 0.3 is 0 Å². The number of pyridine rings is 1. The largest absolute Gasteiger partial charge is 0.384 e. The summed E-state index contributed by atoms with van der Waals surface area (Å²) in [7, 11) is 0. The third-order valence-electron chi connectivity index (χ3n) is 2.67. The van der Waals surface area contributed by atoms with Crippen LogP contribution in [0.15, 0.2) is 54.7 Å². The van der Waals surface area contributed by atoms with E-state index in [2.05, 4.69) is 10.3 Å². The van der Waals surface area contributed by atoms with Crippen LogP contribution in [-0.4, -0.2) is 16.6 Å².